The summed E-state index contributed by atoms with van der Waals surface area (Å²) in [6, 6.07) is 0. The van der Waals surface area contributed by atoms with Crippen LogP contribution in [0.25, 0.3) is 0 Å². The fourth-order valence-corrected chi connectivity index (χ4v) is 3.26. The molecule has 1 aliphatic heterocycles. The molecule has 5 heteroatoms. The standard InChI is InChI=1S/C12H23NO3S/c1-5-16-11(14)12(3,13-4)6-9(2)17-10-7-15-8-10/h9-10,13H,5-8H2,1-4H3. The maximum absolute atomic E-state index is 11.9. The second kappa shape index (κ2) is 6.61. The van der Waals surface area contributed by atoms with Crippen LogP contribution in [0.3, 0.4) is 0 Å². The molecule has 2 unspecified atom stereocenters. The predicted molar refractivity (Wildman–Crippen MR) is 70.4 cm³/mol. The highest BCUT2D eigenvalue weighted by Gasteiger charge is 2.35. The van der Waals surface area contributed by atoms with Crippen LogP contribution in [0.2, 0.25) is 0 Å². The van der Waals surface area contributed by atoms with Gasteiger partial charge in [-0.3, -0.25) is 4.79 Å². The van der Waals surface area contributed by atoms with Crippen LogP contribution in [-0.2, 0) is 14.3 Å². The van der Waals surface area contributed by atoms with Crippen molar-refractivity contribution in [2.75, 3.05) is 26.9 Å². The van der Waals surface area contributed by atoms with Crippen molar-refractivity contribution in [3.8, 4) is 0 Å². The van der Waals surface area contributed by atoms with Crippen molar-refractivity contribution < 1.29 is 14.3 Å². The van der Waals surface area contributed by atoms with E-state index in [9.17, 15) is 4.79 Å². The zero-order valence-corrected chi connectivity index (χ0v) is 11.9. The highest BCUT2D eigenvalue weighted by molar-refractivity contribution is 8.00. The first kappa shape index (κ1) is 14.8. The predicted octanol–water partition coefficient (Wildman–Crippen LogP) is 1.44. The zero-order valence-electron chi connectivity index (χ0n) is 11.1. The summed E-state index contributed by atoms with van der Waals surface area (Å²) in [6.07, 6.45) is 0.767. The molecule has 1 fully saturated rings. The number of rotatable bonds is 7. The topological polar surface area (TPSA) is 47.6 Å². The molecule has 0 aromatic carbocycles. The second-order valence-corrected chi connectivity index (χ2v) is 6.36. The normalized spacial score (nSPS) is 21.4. The first-order valence-electron chi connectivity index (χ1n) is 6.11. The Morgan fingerprint density at radius 1 is 1.65 bits per heavy atom. The Hall–Kier alpha value is -0.260. The summed E-state index contributed by atoms with van der Waals surface area (Å²) in [7, 11) is 1.81. The number of thioether (sulfide) groups is 1. The van der Waals surface area contributed by atoms with Gasteiger partial charge in [0, 0.05) is 5.25 Å². The fourth-order valence-electron chi connectivity index (χ4n) is 1.82. The van der Waals surface area contributed by atoms with E-state index in [-0.39, 0.29) is 5.97 Å². The van der Waals surface area contributed by atoms with E-state index in [4.69, 9.17) is 9.47 Å². The Labute approximate surface area is 108 Å². The Bertz CT molecular complexity index is 258. The van der Waals surface area contributed by atoms with Crippen molar-refractivity contribution in [2.45, 2.75) is 43.2 Å². The van der Waals surface area contributed by atoms with Crippen molar-refractivity contribution in [3.05, 3.63) is 0 Å². The fraction of sp³-hybridized carbons (Fsp3) is 0.917. The zero-order chi connectivity index (χ0) is 12.9. The van der Waals surface area contributed by atoms with Gasteiger partial charge < -0.3 is 14.8 Å². The number of nitrogens with one attached hydrogen (secondary N) is 1. The summed E-state index contributed by atoms with van der Waals surface area (Å²) < 4.78 is 10.3. The number of ether oxygens (including phenoxy) is 2. The third-order valence-electron chi connectivity index (χ3n) is 3.01. The Balaban J connectivity index is 2.45. The molecule has 0 radical (unpaired) electrons. The van der Waals surface area contributed by atoms with Crippen LogP contribution in [0, 0.1) is 0 Å². The molecule has 0 spiro atoms. The number of hydrogen-bond donors (Lipinski definition) is 1. The molecule has 100 valence electrons. The molecule has 0 saturated carbocycles. The van der Waals surface area contributed by atoms with Gasteiger partial charge in [0.2, 0.25) is 0 Å². The molecule has 0 amide bonds. The van der Waals surface area contributed by atoms with Gasteiger partial charge in [0.05, 0.1) is 25.1 Å². The molecular formula is C12H23NO3S. The lowest BCUT2D eigenvalue weighted by Gasteiger charge is -2.33. The van der Waals surface area contributed by atoms with E-state index >= 15 is 0 Å². The molecule has 0 bridgehead atoms. The van der Waals surface area contributed by atoms with Gasteiger partial charge in [0.15, 0.2) is 0 Å². The van der Waals surface area contributed by atoms with Crippen molar-refractivity contribution in [1.82, 2.24) is 5.32 Å². The monoisotopic (exact) mass is 261 g/mol. The summed E-state index contributed by atoms with van der Waals surface area (Å²) in [6.45, 7) is 7.98. The minimum atomic E-state index is -0.590. The van der Waals surface area contributed by atoms with Crippen molar-refractivity contribution >= 4 is 17.7 Å². The van der Waals surface area contributed by atoms with Crippen LogP contribution < -0.4 is 5.32 Å². The van der Waals surface area contributed by atoms with Gasteiger partial charge >= 0.3 is 5.97 Å². The third-order valence-corrected chi connectivity index (χ3v) is 4.29. The molecule has 0 aromatic heterocycles. The quantitative estimate of drug-likeness (QED) is 0.703. The Kier molecular flexibility index (Phi) is 5.76. The van der Waals surface area contributed by atoms with E-state index in [0.29, 0.717) is 17.1 Å². The lowest BCUT2D eigenvalue weighted by atomic mass is 9.96. The first-order chi connectivity index (χ1) is 8.01. The van der Waals surface area contributed by atoms with Crippen LogP contribution in [0.1, 0.15) is 27.2 Å². The minimum Gasteiger partial charge on any atom is -0.465 e. The number of esters is 1. The van der Waals surface area contributed by atoms with Crippen molar-refractivity contribution in [1.29, 1.82) is 0 Å². The second-order valence-electron chi connectivity index (χ2n) is 4.61. The summed E-state index contributed by atoms with van der Waals surface area (Å²) in [5.41, 5.74) is -0.590. The average Bonchev–Trinajstić information content (AvgIpc) is 2.23. The lowest BCUT2D eigenvalue weighted by Crippen LogP contribution is -2.50. The highest BCUT2D eigenvalue weighted by atomic mass is 32.2. The van der Waals surface area contributed by atoms with Gasteiger partial charge in [-0.15, -0.1) is 0 Å². The van der Waals surface area contributed by atoms with Gasteiger partial charge in [-0.1, -0.05) is 6.92 Å². The number of carbonyl (C=O) groups is 1. The van der Waals surface area contributed by atoms with Gasteiger partial charge in [-0.25, -0.2) is 0 Å². The maximum Gasteiger partial charge on any atom is 0.326 e. The van der Waals surface area contributed by atoms with Crippen LogP contribution in [0.4, 0.5) is 0 Å². The average molecular weight is 261 g/mol. The SMILES string of the molecule is CCOC(=O)C(C)(CC(C)SC1COC1)NC. The number of likely N-dealkylation sites (N-methyl/N-ethyl adjacent to an activating group) is 1. The molecule has 1 N–H and O–H groups in total. The third kappa shape index (κ3) is 4.16. The Morgan fingerprint density at radius 2 is 2.29 bits per heavy atom. The van der Waals surface area contributed by atoms with Crippen molar-refractivity contribution in [3.63, 3.8) is 0 Å². The Morgan fingerprint density at radius 3 is 2.71 bits per heavy atom. The van der Waals surface area contributed by atoms with Crippen LogP contribution in [0.5, 0.6) is 0 Å². The van der Waals surface area contributed by atoms with E-state index in [1.165, 1.54) is 0 Å². The molecule has 1 rings (SSSR count). The van der Waals surface area contributed by atoms with Crippen molar-refractivity contribution in [2.24, 2.45) is 0 Å². The highest BCUT2D eigenvalue weighted by Crippen LogP contribution is 2.29. The van der Waals surface area contributed by atoms with Crippen LogP contribution >= 0.6 is 11.8 Å². The van der Waals surface area contributed by atoms with Gasteiger partial charge in [0.25, 0.3) is 0 Å². The lowest BCUT2D eigenvalue weighted by molar-refractivity contribution is -0.150. The number of hydrogen-bond acceptors (Lipinski definition) is 5. The van der Waals surface area contributed by atoms with E-state index < -0.39 is 5.54 Å². The first-order valence-corrected chi connectivity index (χ1v) is 7.05. The van der Waals surface area contributed by atoms with Gasteiger partial charge in [0.1, 0.15) is 5.54 Å². The smallest absolute Gasteiger partial charge is 0.326 e. The molecule has 1 saturated heterocycles. The van der Waals surface area contributed by atoms with E-state index in [2.05, 4.69) is 12.2 Å². The summed E-state index contributed by atoms with van der Waals surface area (Å²) >= 11 is 1.89. The minimum absolute atomic E-state index is 0.167. The van der Waals surface area contributed by atoms with Gasteiger partial charge in [-0.05, 0) is 27.3 Å². The summed E-state index contributed by atoms with van der Waals surface area (Å²) in [5, 5.41) is 4.08. The molecule has 0 aliphatic carbocycles. The molecule has 0 aromatic rings. The summed E-state index contributed by atoms with van der Waals surface area (Å²) in [4.78, 5) is 11.9. The molecule has 17 heavy (non-hydrogen) atoms. The van der Waals surface area contributed by atoms with Crippen LogP contribution in [0.15, 0.2) is 0 Å². The molecule has 1 aliphatic rings. The van der Waals surface area contributed by atoms with E-state index in [0.717, 1.165) is 19.6 Å². The largest absolute Gasteiger partial charge is 0.465 e. The molecular weight excluding hydrogens is 238 g/mol. The van der Waals surface area contributed by atoms with Gasteiger partial charge in [-0.2, -0.15) is 11.8 Å². The molecule has 1 heterocycles. The molecule has 4 nitrogen and oxygen atoms in total. The molecule has 2 atom stereocenters. The summed E-state index contributed by atoms with van der Waals surface area (Å²) in [5.74, 6) is -0.167. The van der Waals surface area contributed by atoms with E-state index in [1.54, 1.807) is 7.05 Å². The maximum atomic E-state index is 11.9. The number of carbonyl (C=O) groups excluding carboxylic acids is 1. The van der Waals surface area contributed by atoms with E-state index in [1.807, 2.05) is 25.6 Å². The van der Waals surface area contributed by atoms with Crippen LogP contribution in [-0.4, -0.2) is 48.9 Å².